The molecule has 23 heavy (non-hydrogen) atoms. The number of nitrogens with zero attached hydrogens (tertiary/aromatic N) is 1. The first-order valence-corrected chi connectivity index (χ1v) is 8.77. The van der Waals surface area contributed by atoms with Gasteiger partial charge in [0, 0.05) is 22.7 Å². The molecule has 1 amide bonds. The summed E-state index contributed by atoms with van der Waals surface area (Å²) < 4.78 is 1.06. The highest BCUT2D eigenvalue weighted by Crippen LogP contribution is 2.28. The van der Waals surface area contributed by atoms with E-state index >= 15 is 0 Å². The van der Waals surface area contributed by atoms with Crippen LogP contribution in [0.2, 0.25) is 0 Å². The number of para-hydroxylation sites is 1. The Morgan fingerprint density at radius 3 is 2.61 bits per heavy atom. The average molecular weight is 373 g/mol. The number of hydrogen-bond donors (Lipinski definition) is 1. The van der Waals surface area contributed by atoms with E-state index in [0.29, 0.717) is 0 Å². The second-order valence-corrected chi connectivity index (χ2v) is 6.85. The van der Waals surface area contributed by atoms with Gasteiger partial charge in [-0.3, -0.25) is 10.1 Å². The topological polar surface area (TPSA) is 32.3 Å². The lowest BCUT2D eigenvalue weighted by atomic mass is 10.1. The Morgan fingerprint density at radius 2 is 1.83 bits per heavy atom. The van der Waals surface area contributed by atoms with Gasteiger partial charge in [-0.2, -0.15) is 0 Å². The number of amides is 1. The predicted octanol–water partition coefficient (Wildman–Crippen LogP) is 4.08. The summed E-state index contributed by atoms with van der Waals surface area (Å²) in [6.07, 6.45) is 0.939. The lowest BCUT2D eigenvalue weighted by Gasteiger charge is -2.25. The largest absolute Gasteiger partial charge is 0.310 e. The highest BCUT2D eigenvalue weighted by molar-refractivity contribution is 9.10. The van der Waals surface area contributed by atoms with E-state index in [2.05, 4.69) is 40.3 Å². The second kappa shape index (κ2) is 6.85. The number of hydrogen-bond acceptors (Lipinski definition) is 2. The zero-order valence-corrected chi connectivity index (χ0v) is 15.0. The predicted molar refractivity (Wildman–Crippen MR) is 97.7 cm³/mol. The molecule has 0 aliphatic carbocycles. The summed E-state index contributed by atoms with van der Waals surface area (Å²) in [5, 5.41) is 3.42. The summed E-state index contributed by atoms with van der Waals surface area (Å²) in [7, 11) is 0. The van der Waals surface area contributed by atoms with Crippen molar-refractivity contribution in [1.82, 2.24) is 5.32 Å². The van der Waals surface area contributed by atoms with Gasteiger partial charge in [-0.1, -0.05) is 52.3 Å². The molecule has 0 saturated carbocycles. The normalized spacial score (nSPS) is 16.0. The second-order valence-electron chi connectivity index (χ2n) is 6.00. The van der Waals surface area contributed by atoms with Crippen LogP contribution >= 0.6 is 15.9 Å². The van der Waals surface area contributed by atoms with Gasteiger partial charge >= 0.3 is 0 Å². The van der Waals surface area contributed by atoms with Gasteiger partial charge in [0.1, 0.15) is 0 Å². The number of carbonyl (C=O) groups is 1. The number of anilines is 1. The Labute approximate surface area is 145 Å². The van der Waals surface area contributed by atoms with E-state index in [9.17, 15) is 4.79 Å². The molecule has 1 heterocycles. The molecule has 2 aromatic rings. The SMILES string of the molecule is C[C@@H](N[C@H](C)c1ccccc1Br)C(=O)N1CCc2ccccc21. The maximum Gasteiger partial charge on any atom is 0.243 e. The molecule has 1 aliphatic rings. The van der Waals surface area contributed by atoms with Crippen molar-refractivity contribution in [2.24, 2.45) is 0 Å². The number of benzene rings is 2. The Bertz CT molecular complexity index is 716. The van der Waals surface area contributed by atoms with E-state index in [4.69, 9.17) is 0 Å². The molecule has 0 radical (unpaired) electrons. The van der Waals surface area contributed by atoms with Gasteiger partial charge in [0.05, 0.1) is 6.04 Å². The molecule has 3 nitrogen and oxygen atoms in total. The molecule has 0 spiro atoms. The first-order valence-electron chi connectivity index (χ1n) is 7.97. The van der Waals surface area contributed by atoms with Gasteiger partial charge in [0.2, 0.25) is 5.91 Å². The molecule has 1 N–H and O–H groups in total. The third-order valence-electron chi connectivity index (χ3n) is 4.40. The van der Waals surface area contributed by atoms with Crippen molar-refractivity contribution in [1.29, 1.82) is 0 Å². The molecule has 0 bridgehead atoms. The zero-order chi connectivity index (χ0) is 16.4. The van der Waals surface area contributed by atoms with Gasteiger partial charge in [0.15, 0.2) is 0 Å². The Hall–Kier alpha value is -1.65. The summed E-state index contributed by atoms with van der Waals surface area (Å²) in [6, 6.07) is 16.1. The Kier molecular flexibility index (Phi) is 4.83. The van der Waals surface area contributed by atoms with E-state index in [1.807, 2.05) is 48.2 Å². The van der Waals surface area contributed by atoms with Crippen molar-refractivity contribution < 1.29 is 4.79 Å². The fraction of sp³-hybridized carbons (Fsp3) is 0.316. The van der Waals surface area contributed by atoms with Crippen molar-refractivity contribution in [3.05, 3.63) is 64.1 Å². The van der Waals surface area contributed by atoms with Gasteiger partial charge in [-0.25, -0.2) is 0 Å². The van der Waals surface area contributed by atoms with Crippen LogP contribution in [-0.2, 0) is 11.2 Å². The summed E-state index contributed by atoms with van der Waals surface area (Å²) in [5.74, 6) is 0.133. The van der Waals surface area contributed by atoms with Crippen LogP contribution in [0.3, 0.4) is 0 Å². The van der Waals surface area contributed by atoms with Crippen LogP contribution in [0, 0.1) is 0 Å². The van der Waals surface area contributed by atoms with E-state index in [1.54, 1.807) is 0 Å². The molecule has 0 saturated heterocycles. The number of rotatable bonds is 4. The lowest BCUT2D eigenvalue weighted by molar-refractivity contribution is -0.120. The molecule has 120 valence electrons. The minimum Gasteiger partial charge on any atom is -0.310 e. The van der Waals surface area contributed by atoms with Gasteiger partial charge < -0.3 is 4.90 Å². The maximum atomic E-state index is 12.8. The monoisotopic (exact) mass is 372 g/mol. The van der Waals surface area contributed by atoms with Crippen molar-refractivity contribution in [3.63, 3.8) is 0 Å². The number of carbonyl (C=O) groups excluding carboxylic acids is 1. The quantitative estimate of drug-likeness (QED) is 0.876. The lowest BCUT2D eigenvalue weighted by Crippen LogP contribution is -2.45. The molecule has 2 aromatic carbocycles. The smallest absolute Gasteiger partial charge is 0.243 e. The summed E-state index contributed by atoms with van der Waals surface area (Å²) in [4.78, 5) is 14.7. The summed E-state index contributed by atoms with van der Waals surface area (Å²) in [6.45, 7) is 4.80. The standard InChI is InChI=1S/C19H21BrN2O/c1-13(16-8-4-5-9-17(16)20)21-14(2)19(23)22-12-11-15-7-3-6-10-18(15)22/h3-10,13-14,21H,11-12H2,1-2H3/t13-,14-/m1/s1. The molecule has 0 aromatic heterocycles. The molecule has 3 rings (SSSR count). The van der Waals surface area contributed by atoms with Crippen molar-refractivity contribution in [2.45, 2.75) is 32.4 Å². The Balaban J connectivity index is 1.70. The molecule has 0 unspecified atom stereocenters. The fourth-order valence-corrected chi connectivity index (χ4v) is 3.79. The van der Waals surface area contributed by atoms with Crippen LogP contribution in [0.25, 0.3) is 0 Å². The maximum absolute atomic E-state index is 12.8. The minimum atomic E-state index is -0.233. The highest BCUT2D eigenvalue weighted by atomic mass is 79.9. The van der Waals surface area contributed by atoms with E-state index in [-0.39, 0.29) is 18.0 Å². The zero-order valence-electron chi connectivity index (χ0n) is 13.4. The van der Waals surface area contributed by atoms with Crippen molar-refractivity contribution in [3.8, 4) is 0 Å². The molecule has 0 fully saturated rings. The van der Waals surface area contributed by atoms with Gasteiger partial charge in [0.25, 0.3) is 0 Å². The Morgan fingerprint density at radius 1 is 1.13 bits per heavy atom. The third kappa shape index (κ3) is 3.33. The molecular weight excluding hydrogens is 352 g/mol. The minimum absolute atomic E-state index is 0.0994. The number of fused-ring (bicyclic) bond motifs is 1. The van der Waals surface area contributed by atoms with Crippen molar-refractivity contribution in [2.75, 3.05) is 11.4 Å². The van der Waals surface area contributed by atoms with E-state index in [0.717, 1.165) is 28.7 Å². The molecule has 4 heteroatoms. The van der Waals surface area contributed by atoms with Crippen LogP contribution in [0.5, 0.6) is 0 Å². The first kappa shape index (κ1) is 16.2. The van der Waals surface area contributed by atoms with Crippen molar-refractivity contribution >= 4 is 27.5 Å². The van der Waals surface area contributed by atoms with Gasteiger partial charge in [-0.05, 0) is 43.5 Å². The molecule has 1 aliphatic heterocycles. The van der Waals surface area contributed by atoms with E-state index < -0.39 is 0 Å². The number of halogens is 1. The highest BCUT2D eigenvalue weighted by Gasteiger charge is 2.28. The van der Waals surface area contributed by atoms with Crippen LogP contribution in [0.4, 0.5) is 5.69 Å². The average Bonchev–Trinajstić information content (AvgIpc) is 2.98. The van der Waals surface area contributed by atoms with Crippen LogP contribution in [0.1, 0.15) is 31.0 Å². The number of nitrogens with one attached hydrogen (secondary N) is 1. The van der Waals surface area contributed by atoms with Crippen LogP contribution in [0.15, 0.2) is 53.0 Å². The third-order valence-corrected chi connectivity index (χ3v) is 5.12. The van der Waals surface area contributed by atoms with E-state index in [1.165, 1.54) is 5.56 Å². The summed E-state index contributed by atoms with van der Waals surface area (Å²) in [5.41, 5.74) is 3.47. The first-order chi connectivity index (χ1) is 11.1. The molecule has 2 atom stereocenters. The molecular formula is C19H21BrN2O. The van der Waals surface area contributed by atoms with Crippen LogP contribution < -0.4 is 10.2 Å². The van der Waals surface area contributed by atoms with Crippen LogP contribution in [-0.4, -0.2) is 18.5 Å². The fourth-order valence-electron chi connectivity index (χ4n) is 3.16. The van der Waals surface area contributed by atoms with Gasteiger partial charge in [-0.15, -0.1) is 0 Å². The summed E-state index contributed by atoms with van der Waals surface area (Å²) >= 11 is 3.58.